The first-order valence-corrected chi connectivity index (χ1v) is 29.6. The van der Waals surface area contributed by atoms with Crippen LogP contribution in [0.1, 0.15) is 295 Å². The van der Waals surface area contributed by atoms with Gasteiger partial charge in [0, 0.05) is 23.9 Å². The molecule has 414 valence electrons. The Balaban J connectivity index is 0.000000417. The number of piperidine rings is 2. The van der Waals surface area contributed by atoms with E-state index in [9.17, 15) is 8.78 Å². The zero-order chi connectivity index (χ0) is 54.2. The van der Waals surface area contributed by atoms with Crippen molar-refractivity contribution in [1.82, 2.24) is 9.80 Å². The van der Waals surface area contributed by atoms with Gasteiger partial charge >= 0.3 is 0 Å². The zero-order valence-corrected chi connectivity index (χ0v) is 52.1. The average molecular weight is 986 g/mol. The molecule has 2 aliphatic heterocycles. The van der Waals surface area contributed by atoms with Gasteiger partial charge in [-0.15, -0.1) is 0 Å². The average Bonchev–Trinajstić information content (AvgIpc) is 3.96. The van der Waals surface area contributed by atoms with E-state index in [-0.39, 0.29) is 18.3 Å². The van der Waals surface area contributed by atoms with Gasteiger partial charge in [0.1, 0.15) is 0 Å². The number of halogens is 2. The predicted octanol–water partition coefficient (Wildman–Crippen LogP) is 21.5. The molecule has 0 N–H and O–H groups in total. The molecular formula is C66H126F2N2. The lowest BCUT2D eigenvalue weighted by Gasteiger charge is -2.43. The van der Waals surface area contributed by atoms with Crippen molar-refractivity contribution in [3.63, 3.8) is 0 Å². The molecule has 2 saturated carbocycles. The molecule has 0 radical (unpaired) electrons. The van der Waals surface area contributed by atoms with E-state index in [2.05, 4.69) is 188 Å². The topological polar surface area (TPSA) is 6.48 Å². The minimum Gasteiger partial charge on any atom is -0.298 e. The van der Waals surface area contributed by atoms with Crippen LogP contribution in [0.25, 0.3) is 0 Å². The second-order valence-electron chi connectivity index (χ2n) is 30.8. The number of alkyl halides is 2. The Labute approximate surface area is 439 Å². The molecule has 2 saturated heterocycles. The second kappa shape index (κ2) is 28.2. The maximum atomic E-state index is 12.7. The highest BCUT2D eigenvalue weighted by Gasteiger charge is 2.43. The fraction of sp³-hybridized carbons (Fsp3) is 0.909. The Morgan fingerprint density at radius 3 is 1.04 bits per heavy atom. The van der Waals surface area contributed by atoms with Crippen LogP contribution in [0.15, 0.2) is 34.9 Å². The summed E-state index contributed by atoms with van der Waals surface area (Å²) in [7, 11) is 0. The van der Waals surface area contributed by atoms with Crippen molar-refractivity contribution in [3.05, 3.63) is 34.9 Å². The molecule has 2 nitrogen and oxygen atoms in total. The summed E-state index contributed by atoms with van der Waals surface area (Å²) in [5.41, 5.74) is 8.11. The first-order chi connectivity index (χ1) is 31.7. The van der Waals surface area contributed by atoms with Gasteiger partial charge in [0.05, 0.1) is 0 Å². The Kier molecular flexibility index (Phi) is 27.0. The number of hydrogen-bond acceptors (Lipinski definition) is 2. The van der Waals surface area contributed by atoms with Crippen LogP contribution >= 0.6 is 0 Å². The number of likely N-dealkylation sites (tertiary alicyclic amines) is 2. The Hall–Kier alpha value is -1.00. The van der Waals surface area contributed by atoms with Gasteiger partial charge in [-0.1, -0.05) is 192 Å². The van der Waals surface area contributed by atoms with Crippen LogP contribution in [0.2, 0.25) is 0 Å². The quantitative estimate of drug-likeness (QED) is 0.223. The van der Waals surface area contributed by atoms with Gasteiger partial charge in [-0.3, -0.25) is 9.80 Å². The van der Waals surface area contributed by atoms with Crippen molar-refractivity contribution in [2.75, 3.05) is 26.2 Å². The lowest BCUT2D eigenvalue weighted by Crippen LogP contribution is -2.47. The van der Waals surface area contributed by atoms with Crippen LogP contribution in [0, 0.1) is 50.2 Å². The van der Waals surface area contributed by atoms with E-state index in [1.54, 1.807) is 17.2 Å². The van der Waals surface area contributed by atoms with Crippen LogP contribution < -0.4 is 0 Å². The second-order valence-corrected chi connectivity index (χ2v) is 30.8. The van der Waals surface area contributed by atoms with E-state index in [4.69, 9.17) is 0 Å². The molecular weight excluding hydrogens is 859 g/mol. The number of hydrogen-bond donors (Lipinski definition) is 0. The monoisotopic (exact) mass is 985 g/mol. The van der Waals surface area contributed by atoms with Crippen molar-refractivity contribution in [3.8, 4) is 0 Å². The maximum absolute atomic E-state index is 12.7. The van der Waals surface area contributed by atoms with Crippen molar-refractivity contribution in [2.45, 2.75) is 312 Å². The van der Waals surface area contributed by atoms with Crippen LogP contribution in [-0.4, -0.2) is 53.0 Å². The van der Waals surface area contributed by atoms with E-state index in [1.807, 2.05) is 0 Å². The highest BCUT2D eigenvalue weighted by molar-refractivity contribution is 5.19. The van der Waals surface area contributed by atoms with Gasteiger partial charge in [0.2, 0.25) is 0 Å². The molecule has 70 heavy (non-hydrogen) atoms. The molecule has 0 unspecified atom stereocenters. The summed E-state index contributed by atoms with van der Waals surface area (Å²) < 4.78 is 25.4. The molecule has 0 aromatic heterocycles. The van der Waals surface area contributed by atoms with E-state index in [0.717, 1.165) is 23.2 Å². The number of nitrogens with zero attached hydrogens (tertiary/aromatic N) is 2. The van der Waals surface area contributed by atoms with Crippen molar-refractivity contribution >= 4 is 0 Å². The van der Waals surface area contributed by atoms with Crippen molar-refractivity contribution in [1.29, 1.82) is 0 Å². The molecule has 1 spiro atoms. The van der Waals surface area contributed by atoms with Crippen LogP contribution in [-0.2, 0) is 0 Å². The van der Waals surface area contributed by atoms with Crippen LogP contribution in [0.3, 0.4) is 0 Å². The summed E-state index contributed by atoms with van der Waals surface area (Å²) in [6, 6.07) is 0. The predicted molar refractivity (Wildman–Crippen MR) is 311 cm³/mol. The molecule has 4 fully saturated rings. The fourth-order valence-electron chi connectivity index (χ4n) is 10.4. The van der Waals surface area contributed by atoms with E-state index in [0.29, 0.717) is 39.2 Å². The third-order valence-electron chi connectivity index (χ3n) is 17.0. The van der Waals surface area contributed by atoms with Crippen molar-refractivity contribution in [2.24, 2.45) is 50.2 Å². The Morgan fingerprint density at radius 2 is 0.757 bits per heavy atom. The first-order valence-electron chi connectivity index (χ1n) is 29.6. The number of allylic oxidation sites excluding steroid dienone is 6. The van der Waals surface area contributed by atoms with Gasteiger partial charge in [-0.05, 0) is 201 Å². The van der Waals surface area contributed by atoms with Gasteiger partial charge in [0.15, 0.2) is 0 Å². The van der Waals surface area contributed by atoms with Gasteiger partial charge in [-0.25, -0.2) is 8.78 Å². The molecule has 0 bridgehead atoms. The summed E-state index contributed by atoms with van der Waals surface area (Å²) >= 11 is 0. The smallest absolute Gasteiger partial charge is 0.251 e. The summed E-state index contributed by atoms with van der Waals surface area (Å²) in [6.45, 7) is 60.0. The third kappa shape index (κ3) is 28.1. The van der Waals surface area contributed by atoms with Crippen molar-refractivity contribution < 1.29 is 8.78 Å². The standard InChI is InChI=1S/C12H20.C12H22.C11H23N.C10H16F2.C10H21N.C8H16.C3H8/c1-11(2,3)10-4-6-12(7-5-10)8-9-12;1-11(2,3)10-6-8-12(4,5)9-7-10;1-10(2,3)12-8-6-11(4,5)7-9-12;1-9(2,3)8-4-6-10(11,12)7-5-8;1-9-5-7-11(8-6-9)10(2,3)4;1-7-3-5-8(2)6-4-7;1-3-2/h4H,5-9H2,1-3H3;6H,7-9H2,1-5H3;6-9H2,1-5H3;4H,5-7H2,1-3H3;9H,5-8H2,1-4H3;7-8H,3-6H2,1-2H3;3H2,1-2H3. The van der Waals surface area contributed by atoms with Crippen LogP contribution in [0.4, 0.5) is 8.78 Å². The van der Waals surface area contributed by atoms with E-state index < -0.39 is 5.92 Å². The zero-order valence-electron chi connectivity index (χ0n) is 52.1. The molecule has 0 amide bonds. The highest BCUT2D eigenvalue weighted by atomic mass is 19.3. The van der Waals surface area contributed by atoms with Gasteiger partial charge < -0.3 is 0 Å². The van der Waals surface area contributed by atoms with Gasteiger partial charge in [0.25, 0.3) is 5.92 Å². The van der Waals surface area contributed by atoms with E-state index in [1.165, 1.54) is 141 Å². The molecule has 5 aliphatic carbocycles. The van der Waals surface area contributed by atoms with Crippen LogP contribution in [0.5, 0.6) is 0 Å². The number of rotatable bonds is 0. The summed E-state index contributed by atoms with van der Waals surface area (Å²) in [6.07, 6.45) is 31.0. The highest BCUT2D eigenvalue weighted by Crippen LogP contribution is 2.57. The third-order valence-corrected chi connectivity index (χ3v) is 17.0. The minimum absolute atomic E-state index is 0.0239. The maximum Gasteiger partial charge on any atom is 0.251 e. The normalized spacial score (nSPS) is 25.7. The summed E-state index contributed by atoms with van der Waals surface area (Å²) in [5, 5.41) is 0. The summed E-state index contributed by atoms with van der Waals surface area (Å²) in [5.74, 6) is 0.542. The SMILES string of the molecule is CC(C)(C)C1=CCC(F)(F)CC1.CC(C)(C)C1=CCC2(CC1)CC2.CC1(C)CC=C(C(C)(C)C)CC1.CC1(C)CCN(C(C)(C)C)CC1.CC1CCC(C)CC1.CC1CCN(C(C)(C)C)CC1.CCC. The largest absolute Gasteiger partial charge is 0.298 e. The summed E-state index contributed by atoms with van der Waals surface area (Å²) in [4.78, 5) is 5.19. The fourth-order valence-corrected chi connectivity index (χ4v) is 10.4. The molecule has 7 aliphatic rings. The first kappa shape index (κ1) is 67.0. The Bertz CT molecular complexity index is 1420. The van der Waals surface area contributed by atoms with E-state index >= 15 is 0 Å². The molecule has 7 rings (SSSR count). The molecule has 2 heterocycles. The lowest BCUT2D eigenvalue weighted by molar-refractivity contribution is -0.0104. The lowest BCUT2D eigenvalue weighted by atomic mass is 9.72. The molecule has 0 aromatic carbocycles. The Morgan fingerprint density at radius 1 is 0.429 bits per heavy atom. The minimum atomic E-state index is -2.45. The van der Waals surface area contributed by atoms with Gasteiger partial charge in [-0.2, -0.15) is 0 Å². The molecule has 0 aromatic rings. The molecule has 4 heteroatoms. The molecule has 0 atom stereocenters.